The maximum Gasteiger partial charge on any atom is 0.265 e. The summed E-state index contributed by atoms with van der Waals surface area (Å²) in [6, 6.07) is 15.6. The van der Waals surface area contributed by atoms with Crippen molar-refractivity contribution in [2.24, 2.45) is 0 Å². The molecule has 0 unspecified atom stereocenters. The summed E-state index contributed by atoms with van der Waals surface area (Å²) in [5.41, 5.74) is 3.56. The van der Waals surface area contributed by atoms with Gasteiger partial charge >= 0.3 is 0 Å². The van der Waals surface area contributed by atoms with Crippen LogP contribution in [0.25, 0.3) is 0 Å². The first-order valence-corrected chi connectivity index (χ1v) is 7.87. The first kappa shape index (κ1) is 14.6. The molecular weight excluding hydrogens is 274 g/mol. The molecule has 1 aliphatic rings. The SMILES string of the molecule is C[C@H](Oc1ccc2c(c1)CCCC2)C(=O)Nc1ccccc1. The van der Waals surface area contributed by atoms with E-state index in [9.17, 15) is 4.79 Å². The maximum absolute atomic E-state index is 12.2. The number of hydrogen-bond donors (Lipinski definition) is 1. The molecule has 0 spiro atoms. The summed E-state index contributed by atoms with van der Waals surface area (Å²) in [6.45, 7) is 1.78. The lowest BCUT2D eigenvalue weighted by Gasteiger charge is -2.19. The number of nitrogens with one attached hydrogen (secondary N) is 1. The van der Waals surface area contributed by atoms with Crippen molar-refractivity contribution in [2.75, 3.05) is 5.32 Å². The normalized spacial score (nSPS) is 14.8. The number of rotatable bonds is 4. The first-order valence-electron chi connectivity index (χ1n) is 7.87. The highest BCUT2D eigenvalue weighted by Gasteiger charge is 2.16. The van der Waals surface area contributed by atoms with Crippen LogP contribution < -0.4 is 10.1 Å². The molecule has 1 atom stereocenters. The lowest BCUT2D eigenvalue weighted by atomic mass is 9.92. The number of para-hydroxylation sites is 1. The van der Waals surface area contributed by atoms with E-state index in [1.807, 2.05) is 36.4 Å². The van der Waals surface area contributed by atoms with Crippen molar-refractivity contribution in [3.63, 3.8) is 0 Å². The molecule has 22 heavy (non-hydrogen) atoms. The largest absolute Gasteiger partial charge is 0.481 e. The summed E-state index contributed by atoms with van der Waals surface area (Å²) in [4.78, 5) is 12.2. The topological polar surface area (TPSA) is 38.3 Å². The summed E-state index contributed by atoms with van der Waals surface area (Å²) in [7, 11) is 0. The van der Waals surface area contributed by atoms with Crippen LogP contribution in [-0.2, 0) is 17.6 Å². The molecule has 3 rings (SSSR count). The Morgan fingerprint density at radius 2 is 1.77 bits per heavy atom. The van der Waals surface area contributed by atoms with Crippen LogP contribution in [0.3, 0.4) is 0 Å². The summed E-state index contributed by atoms with van der Waals surface area (Å²) in [6.07, 6.45) is 4.24. The minimum Gasteiger partial charge on any atom is -0.481 e. The minimum absolute atomic E-state index is 0.135. The predicted molar refractivity (Wildman–Crippen MR) is 88.2 cm³/mol. The average molecular weight is 295 g/mol. The summed E-state index contributed by atoms with van der Waals surface area (Å²) in [5.74, 6) is 0.639. The van der Waals surface area contributed by atoms with Gasteiger partial charge in [-0.2, -0.15) is 0 Å². The number of ether oxygens (including phenoxy) is 1. The molecule has 2 aromatic carbocycles. The van der Waals surface area contributed by atoms with Gasteiger partial charge in [-0.05, 0) is 68.0 Å². The van der Waals surface area contributed by atoms with Crippen LogP contribution in [0.1, 0.15) is 30.9 Å². The van der Waals surface area contributed by atoms with Gasteiger partial charge in [-0.15, -0.1) is 0 Å². The third-order valence-corrected chi connectivity index (χ3v) is 4.04. The molecular formula is C19H21NO2. The Hall–Kier alpha value is -2.29. The molecule has 3 heteroatoms. The summed E-state index contributed by atoms with van der Waals surface area (Å²) >= 11 is 0. The molecule has 0 aliphatic heterocycles. The van der Waals surface area contributed by atoms with E-state index in [2.05, 4.69) is 17.4 Å². The van der Waals surface area contributed by atoms with E-state index in [1.54, 1.807) is 6.92 Å². The van der Waals surface area contributed by atoms with Gasteiger partial charge in [0.15, 0.2) is 6.10 Å². The molecule has 1 aliphatic carbocycles. The molecule has 1 N–H and O–H groups in total. The molecule has 0 radical (unpaired) electrons. The highest BCUT2D eigenvalue weighted by atomic mass is 16.5. The second-order valence-corrected chi connectivity index (χ2v) is 5.75. The fourth-order valence-corrected chi connectivity index (χ4v) is 2.81. The van der Waals surface area contributed by atoms with Crippen molar-refractivity contribution < 1.29 is 9.53 Å². The Morgan fingerprint density at radius 3 is 2.55 bits per heavy atom. The van der Waals surface area contributed by atoms with E-state index in [-0.39, 0.29) is 5.91 Å². The van der Waals surface area contributed by atoms with Crippen molar-refractivity contribution >= 4 is 11.6 Å². The number of hydrogen-bond acceptors (Lipinski definition) is 2. The monoisotopic (exact) mass is 295 g/mol. The smallest absolute Gasteiger partial charge is 0.265 e. The van der Waals surface area contributed by atoms with Crippen molar-refractivity contribution in [3.8, 4) is 5.75 Å². The zero-order valence-corrected chi connectivity index (χ0v) is 12.8. The van der Waals surface area contributed by atoms with Crippen molar-refractivity contribution in [2.45, 2.75) is 38.7 Å². The number of fused-ring (bicyclic) bond motifs is 1. The van der Waals surface area contributed by atoms with Crippen molar-refractivity contribution in [1.29, 1.82) is 0 Å². The number of carbonyl (C=O) groups excluding carboxylic acids is 1. The van der Waals surface area contributed by atoms with Gasteiger partial charge in [0.1, 0.15) is 5.75 Å². The molecule has 1 amide bonds. The lowest BCUT2D eigenvalue weighted by Crippen LogP contribution is -2.30. The quantitative estimate of drug-likeness (QED) is 0.926. The van der Waals surface area contributed by atoms with Crippen molar-refractivity contribution in [3.05, 3.63) is 59.7 Å². The Kier molecular flexibility index (Phi) is 4.42. The molecule has 0 heterocycles. The molecule has 0 saturated carbocycles. The fraction of sp³-hybridized carbons (Fsp3) is 0.316. The Morgan fingerprint density at radius 1 is 1.05 bits per heavy atom. The van der Waals surface area contributed by atoms with E-state index < -0.39 is 6.10 Å². The van der Waals surface area contributed by atoms with Gasteiger partial charge in [0, 0.05) is 5.69 Å². The molecule has 3 nitrogen and oxygen atoms in total. The van der Waals surface area contributed by atoms with Gasteiger partial charge in [0.25, 0.3) is 5.91 Å². The van der Waals surface area contributed by atoms with E-state index in [4.69, 9.17) is 4.74 Å². The van der Waals surface area contributed by atoms with E-state index in [0.717, 1.165) is 24.3 Å². The van der Waals surface area contributed by atoms with Crippen molar-refractivity contribution in [1.82, 2.24) is 0 Å². The van der Waals surface area contributed by atoms with Crippen LogP contribution in [0, 0.1) is 0 Å². The van der Waals surface area contributed by atoms with Gasteiger partial charge in [-0.25, -0.2) is 0 Å². The highest BCUT2D eigenvalue weighted by Crippen LogP contribution is 2.26. The molecule has 0 bridgehead atoms. The van der Waals surface area contributed by atoms with E-state index in [1.165, 1.54) is 24.0 Å². The summed E-state index contributed by atoms with van der Waals surface area (Å²) in [5, 5.41) is 2.86. The molecule has 0 aromatic heterocycles. The van der Waals surface area contributed by atoms with Gasteiger partial charge in [0.05, 0.1) is 0 Å². The zero-order chi connectivity index (χ0) is 15.4. The van der Waals surface area contributed by atoms with Gasteiger partial charge in [-0.1, -0.05) is 24.3 Å². The van der Waals surface area contributed by atoms with Crippen LogP contribution in [0.4, 0.5) is 5.69 Å². The number of amides is 1. The molecule has 0 saturated heterocycles. The van der Waals surface area contributed by atoms with Gasteiger partial charge in [0.2, 0.25) is 0 Å². The molecule has 0 fully saturated rings. The van der Waals surface area contributed by atoms with E-state index >= 15 is 0 Å². The lowest BCUT2D eigenvalue weighted by molar-refractivity contribution is -0.122. The molecule has 114 valence electrons. The van der Waals surface area contributed by atoms with E-state index in [0.29, 0.717) is 0 Å². The third kappa shape index (κ3) is 3.48. The standard InChI is InChI=1S/C19H21NO2/c1-14(19(21)20-17-9-3-2-4-10-17)22-18-12-11-15-7-5-6-8-16(15)13-18/h2-4,9-14H,5-8H2,1H3,(H,20,21)/t14-/m0/s1. The number of aryl methyl sites for hydroxylation is 2. The summed E-state index contributed by atoms with van der Waals surface area (Å²) < 4.78 is 5.80. The third-order valence-electron chi connectivity index (χ3n) is 4.04. The number of anilines is 1. The van der Waals surface area contributed by atoms with Gasteiger partial charge in [-0.3, -0.25) is 4.79 Å². The predicted octanol–water partition coefficient (Wildman–Crippen LogP) is 3.97. The van der Waals surface area contributed by atoms with Crippen LogP contribution in [0.5, 0.6) is 5.75 Å². The Balaban J connectivity index is 1.63. The second kappa shape index (κ2) is 6.65. The average Bonchev–Trinajstić information content (AvgIpc) is 2.55. The van der Waals surface area contributed by atoms with Gasteiger partial charge < -0.3 is 10.1 Å². The van der Waals surface area contributed by atoms with Crippen LogP contribution in [0.2, 0.25) is 0 Å². The number of carbonyl (C=O) groups is 1. The maximum atomic E-state index is 12.2. The Labute approximate surface area is 131 Å². The van der Waals surface area contributed by atoms with Crippen LogP contribution in [0.15, 0.2) is 48.5 Å². The Bertz CT molecular complexity index is 652. The minimum atomic E-state index is -0.526. The van der Waals surface area contributed by atoms with Crippen LogP contribution >= 0.6 is 0 Å². The molecule has 2 aromatic rings. The van der Waals surface area contributed by atoms with Crippen LogP contribution in [-0.4, -0.2) is 12.0 Å². The second-order valence-electron chi connectivity index (χ2n) is 5.75. The highest BCUT2D eigenvalue weighted by molar-refractivity contribution is 5.94. The zero-order valence-electron chi connectivity index (χ0n) is 12.8. The number of benzene rings is 2. The fourth-order valence-electron chi connectivity index (χ4n) is 2.81. The first-order chi connectivity index (χ1) is 10.7.